The van der Waals surface area contributed by atoms with Crippen LogP contribution in [0.15, 0.2) is 297 Å². The van der Waals surface area contributed by atoms with Crippen LogP contribution in [0.4, 0.5) is 0 Å². The molecular formula is C86H49N5S3. The van der Waals surface area contributed by atoms with Gasteiger partial charge in [-0.3, -0.25) is 9.13 Å². The zero-order valence-corrected chi connectivity index (χ0v) is 52.7. The van der Waals surface area contributed by atoms with E-state index in [0.29, 0.717) is 5.95 Å². The van der Waals surface area contributed by atoms with Crippen molar-refractivity contribution in [3.63, 3.8) is 0 Å². The quantitative estimate of drug-likeness (QED) is 0.160. The number of benzene rings is 14. The van der Waals surface area contributed by atoms with Crippen LogP contribution >= 0.6 is 34.0 Å². The Balaban J connectivity index is 0.748. The molecule has 0 fully saturated rings. The highest BCUT2D eigenvalue weighted by molar-refractivity contribution is 7.26. The van der Waals surface area contributed by atoms with E-state index >= 15 is 0 Å². The number of fused-ring (bicyclic) bond motifs is 19. The number of para-hydroxylation sites is 3. The van der Waals surface area contributed by atoms with Crippen molar-refractivity contribution in [2.24, 2.45) is 0 Å². The molecule has 436 valence electrons. The van der Waals surface area contributed by atoms with E-state index in [-0.39, 0.29) is 0 Å². The van der Waals surface area contributed by atoms with Crippen LogP contribution in [0.1, 0.15) is 0 Å². The molecule has 5 nitrogen and oxygen atoms in total. The lowest BCUT2D eigenvalue weighted by Gasteiger charge is -2.15. The van der Waals surface area contributed by atoms with E-state index in [4.69, 9.17) is 9.97 Å². The molecular weight excluding hydrogens is 1200 g/mol. The molecule has 0 spiro atoms. The van der Waals surface area contributed by atoms with Crippen LogP contribution < -0.4 is 0 Å². The van der Waals surface area contributed by atoms with Gasteiger partial charge in [0.1, 0.15) is 5.82 Å². The zero-order valence-electron chi connectivity index (χ0n) is 50.3. The molecule has 21 rings (SSSR count). The van der Waals surface area contributed by atoms with Crippen molar-refractivity contribution in [3.8, 4) is 62.1 Å². The summed E-state index contributed by atoms with van der Waals surface area (Å²) in [6, 6.07) is 110. The summed E-state index contributed by atoms with van der Waals surface area (Å²) in [7, 11) is 0. The number of hydrogen-bond donors (Lipinski definition) is 0. The lowest BCUT2D eigenvalue weighted by atomic mass is 10.0. The molecule has 94 heavy (non-hydrogen) atoms. The fourth-order valence-corrected chi connectivity index (χ4v) is 18.7. The minimum Gasteiger partial charge on any atom is -0.309 e. The van der Waals surface area contributed by atoms with E-state index in [9.17, 15) is 0 Å². The first-order chi connectivity index (χ1) is 46.5. The average molecular weight is 1250 g/mol. The molecule has 21 aromatic rings. The van der Waals surface area contributed by atoms with E-state index in [1.807, 2.05) is 34.0 Å². The van der Waals surface area contributed by atoms with Crippen LogP contribution in [0.3, 0.4) is 0 Å². The van der Waals surface area contributed by atoms with Gasteiger partial charge in [-0.2, -0.15) is 4.98 Å². The molecule has 7 aromatic heterocycles. The molecule has 0 atom stereocenters. The second-order valence-electron chi connectivity index (χ2n) is 24.8. The van der Waals surface area contributed by atoms with Gasteiger partial charge in [-0.25, -0.2) is 4.98 Å². The smallest absolute Gasteiger partial charge is 0.237 e. The molecule has 0 saturated heterocycles. The number of thiophene rings is 3. The maximum Gasteiger partial charge on any atom is 0.237 e. The van der Waals surface area contributed by atoms with Crippen LogP contribution in [0.2, 0.25) is 0 Å². The summed E-state index contributed by atoms with van der Waals surface area (Å²) in [5.41, 5.74) is 16.6. The van der Waals surface area contributed by atoms with Gasteiger partial charge in [-0.1, -0.05) is 200 Å². The molecule has 14 aromatic carbocycles. The van der Waals surface area contributed by atoms with Gasteiger partial charge >= 0.3 is 0 Å². The highest BCUT2D eigenvalue weighted by Crippen LogP contribution is 2.44. The minimum atomic E-state index is 0.595. The average Bonchev–Trinajstić information content (AvgIpc) is 1.58. The predicted molar refractivity (Wildman–Crippen MR) is 403 cm³/mol. The lowest BCUT2D eigenvalue weighted by Crippen LogP contribution is -2.07. The second-order valence-corrected chi connectivity index (χ2v) is 28.1. The monoisotopic (exact) mass is 1250 g/mol. The van der Waals surface area contributed by atoms with Crippen LogP contribution in [-0.4, -0.2) is 23.7 Å². The van der Waals surface area contributed by atoms with Gasteiger partial charge in [0.15, 0.2) is 0 Å². The molecule has 0 aliphatic carbocycles. The Morgan fingerprint density at radius 3 is 1.04 bits per heavy atom. The van der Waals surface area contributed by atoms with Gasteiger partial charge in [0.05, 0.1) is 38.8 Å². The van der Waals surface area contributed by atoms with Crippen LogP contribution in [0.25, 0.3) is 199 Å². The van der Waals surface area contributed by atoms with Crippen LogP contribution in [0.5, 0.6) is 0 Å². The van der Waals surface area contributed by atoms with Crippen molar-refractivity contribution in [3.05, 3.63) is 297 Å². The van der Waals surface area contributed by atoms with Gasteiger partial charge in [0.25, 0.3) is 0 Å². The third kappa shape index (κ3) is 7.85. The Morgan fingerprint density at radius 1 is 0.213 bits per heavy atom. The number of aromatic nitrogens is 5. The largest absolute Gasteiger partial charge is 0.309 e. The topological polar surface area (TPSA) is 40.6 Å². The third-order valence-electron chi connectivity index (χ3n) is 19.7. The molecule has 7 heterocycles. The first kappa shape index (κ1) is 52.1. The lowest BCUT2D eigenvalue weighted by molar-refractivity contribution is 0.952. The number of nitrogens with zero attached hydrogens (tertiary/aromatic N) is 5. The summed E-state index contributed by atoms with van der Waals surface area (Å²) in [5.74, 6) is 1.38. The molecule has 8 heteroatoms. The van der Waals surface area contributed by atoms with Crippen molar-refractivity contribution in [2.45, 2.75) is 0 Å². The van der Waals surface area contributed by atoms with Crippen molar-refractivity contribution < 1.29 is 0 Å². The zero-order chi connectivity index (χ0) is 61.3. The minimum absolute atomic E-state index is 0.595. The maximum atomic E-state index is 5.80. The van der Waals surface area contributed by atoms with Crippen LogP contribution in [-0.2, 0) is 0 Å². The third-order valence-corrected chi connectivity index (χ3v) is 23.1. The summed E-state index contributed by atoms with van der Waals surface area (Å²) in [6.07, 6.45) is 0. The van der Waals surface area contributed by atoms with Gasteiger partial charge in [-0.05, 0) is 135 Å². The molecule has 0 radical (unpaired) electrons. The van der Waals surface area contributed by atoms with E-state index in [2.05, 4.69) is 311 Å². The summed E-state index contributed by atoms with van der Waals surface area (Å²) in [6.45, 7) is 0. The highest BCUT2D eigenvalue weighted by Gasteiger charge is 2.23. The molecule has 0 saturated carbocycles. The first-order valence-electron chi connectivity index (χ1n) is 31.8. The predicted octanol–water partition coefficient (Wildman–Crippen LogP) is 24.7. The van der Waals surface area contributed by atoms with E-state index in [1.165, 1.54) is 105 Å². The standard InChI is InChI=1S/C86H49N5S3/c1-7-19-73-60(13-1)63-35-28-52(55-31-38-69-66-16-4-10-22-79(66)92-82(69)46-55)43-76(63)89(73)59-34-27-50-41-58(26-25-51(50)42-59)72-49-85(90-74-20-8-2-14-61(74)64-36-29-53(44-77(64)90)56-32-39-70-67-17-5-11-23-80(67)93-83(70)47-56)88-86(87-72)91-75-21-9-3-15-62(75)65-37-30-54(45-78(65)91)57-33-40-71-68-18-6-12-24-81(68)94-84(71)48-57/h1-49H. The van der Waals surface area contributed by atoms with Gasteiger partial charge in [-0.15, -0.1) is 34.0 Å². The van der Waals surface area contributed by atoms with E-state index in [1.54, 1.807) is 0 Å². The molecule has 0 bridgehead atoms. The summed E-state index contributed by atoms with van der Waals surface area (Å²) in [4.78, 5) is 11.5. The molecule has 0 amide bonds. The molecule has 0 aliphatic rings. The fourth-order valence-electron chi connectivity index (χ4n) is 15.2. The Morgan fingerprint density at radius 2 is 0.553 bits per heavy atom. The first-order valence-corrected chi connectivity index (χ1v) is 34.3. The van der Waals surface area contributed by atoms with Gasteiger partial charge < -0.3 is 4.57 Å². The Bertz CT molecular complexity index is 6580. The normalized spacial score (nSPS) is 12.3. The van der Waals surface area contributed by atoms with Gasteiger partial charge in [0, 0.05) is 110 Å². The molecule has 0 N–H and O–H groups in total. The van der Waals surface area contributed by atoms with Crippen molar-refractivity contribution in [1.29, 1.82) is 0 Å². The van der Waals surface area contributed by atoms with Crippen molar-refractivity contribution in [1.82, 2.24) is 23.7 Å². The van der Waals surface area contributed by atoms with Crippen LogP contribution in [0, 0.1) is 0 Å². The Labute approximate surface area is 549 Å². The molecule has 0 unspecified atom stereocenters. The highest BCUT2D eigenvalue weighted by atomic mass is 32.1. The number of hydrogen-bond acceptors (Lipinski definition) is 5. The summed E-state index contributed by atoms with van der Waals surface area (Å²) in [5, 5.41) is 17.1. The van der Waals surface area contributed by atoms with E-state index < -0.39 is 0 Å². The maximum absolute atomic E-state index is 5.80. The number of rotatable bonds is 7. The Kier molecular flexibility index (Phi) is 11.1. The van der Waals surface area contributed by atoms with Crippen molar-refractivity contribution in [2.75, 3.05) is 0 Å². The SMILES string of the molecule is c1ccc2c(c1)sc1cc(-c3ccc4c5ccccc5n(-c5ccc6cc(-c7cc(-n8c9ccccc9c9ccc(-c%10ccc%11c(c%10)sc%10ccccc%10%11)cc98)nc(-n8c9ccccc9c9ccc(-c%10ccc%11c(c%10)sc%10ccccc%10%11)cc98)n7)ccc6c5)c4c3)ccc12. The van der Waals surface area contributed by atoms with Crippen molar-refractivity contribution >= 4 is 171 Å². The second kappa shape index (κ2) is 20.0. The van der Waals surface area contributed by atoms with Gasteiger partial charge in [0.2, 0.25) is 5.95 Å². The molecule has 0 aliphatic heterocycles. The summed E-state index contributed by atoms with van der Waals surface area (Å²) >= 11 is 5.57. The Hall–Kier alpha value is -11.5. The fraction of sp³-hybridized carbons (Fsp3) is 0. The van der Waals surface area contributed by atoms with E-state index in [0.717, 1.165) is 88.3 Å². The summed E-state index contributed by atoms with van der Waals surface area (Å²) < 4.78 is 14.9.